The first kappa shape index (κ1) is 8.74. The zero-order chi connectivity index (χ0) is 10.1. The maximum absolute atomic E-state index is 11.0. The van der Waals surface area contributed by atoms with E-state index in [0.717, 1.165) is 11.3 Å². The SMILES string of the molecule is O=C(O)Cc1ccc2c(c1)NC(=O)C2. The van der Waals surface area contributed by atoms with Crippen LogP contribution in [0.5, 0.6) is 0 Å². The zero-order valence-corrected chi connectivity index (χ0v) is 7.41. The molecule has 0 aromatic heterocycles. The highest BCUT2D eigenvalue weighted by Crippen LogP contribution is 2.24. The molecule has 14 heavy (non-hydrogen) atoms. The van der Waals surface area contributed by atoms with Gasteiger partial charge in [0.1, 0.15) is 0 Å². The third-order valence-electron chi connectivity index (χ3n) is 2.15. The van der Waals surface area contributed by atoms with Crippen LogP contribution in [0.2, 0.25) is 0 Å². The Bertz CT molecular complexity index is 412. The van der Waals surface area contributed by atoms with Gasteiger partial charge in [-0.3, -0.25) is 9.59 Å². The summed E-state index contributed by atoms with van der Waals surface area (Å²) in [5.74, 6) is -0.901. The Balaban J connectivity index is 2.28. The average molecular weight is 191 g/mol. The first-order valence-electron chi connectivity index (χ1n) is 4.28. The highest BCUT2D eigenvalue weighted by Gasteiger charge is 2.17. The first-order valence-corrected chi connectivity index (χ1v) is 4.28. The topological polar surface area (TPSA) is 66.4 Å². The van der Waals surface area contributed by atoms with E-state index in [9.17, 15) is 9.59 Å². The van der Waals surface area contributed by atoms with Crippen LogP contribution in [0.4, 0.5) is 5.69 Å². The number of aliphatic carboxylic acids is 1. The first-order chi connectivity index (χ1) is 6.65. The molecule has 0 fully saturated rings. The molecular weight excluding hydrogens is 182 g/mol. The van der Waals surface area contributed by atoms with E-state index in [0.29, 0.717) is 12.0 Å². The molecule has 0 radical (unpaired) electrons. The Labute approximate surface area is 80.6 Å². The van der Waals surface area contributed by atoms with E-state index in [1.165, 1.54) is 0 Å². The summed E-state index contributed by atoms with van der Waals surface area (Å²) >= 11 is 0. The maximum atomic E-state index is 11.0. The van der Waals surface area contributed by atoms with Gasteiger partial charge in [-0.1, -0.05) is 12.1 Å². The number of carboxylic acids is 1. The number of benzene rings is 1. The molecule has 1 aliphatic rings. The molecule has 2 rings (SSSR count). The molecule has 1 aliphatic heterocycles. The number of fused-ring (bicyclic) bond motifs is 1. The van der Waals surface area contributed by atoms with Crippen LogP contribution >= 0.6 is 0 Å². The lowest BCUT2D eigenvalue weighted by molar-refractivity contribution is -0.136. The van der Waals surface area contributed by atoms with Crippen LogP contribution in [0.15, 0.2) is 18.2 Å². The van der Waals surface area contributed by atoms with Gasteiger partial charge in [-0.15, -0.1) is 0 Å². The van der Waals surface area contributed by atoms with E-state index >= 15 is 0 Å². The molecule has 0 spiro atoms. The minimum Gasteiger partial charge on any atom is -0.481 e. The van der Waals surface area contributed by atoms with Gasteiger partial charge in [0.05, 0.1) is 12.8 Å². The number of rotatable bonds is 2. The fourth-order valence-corrected chi connectivity index (χ4v) is 1.55. The summed E-state index contributed by atoms with van der Waals surface area (Å²) in [6.07, 6.45) is 0.381. The van der Waals surface area contributed by atoms with Gasteiger partial charge in [0.2, 0.25) is 5.91 Å². The molecule has 2 N–H and O–H groups in total. The molecule has 1 amide bonds. The third-order valence-corrected chi connectivity index (χ3v) is 2.15. The smallest absolute Gasteiger partial charge is 0.307 e. The van der Waals surface area contributed by atoms with Crippen molar-refractivity contribution in [2.45, 2.75) is 12.8 Å². The summed E-state index contributed by atoms with van der Waals surface area (Å²) in [6, 6.07) is 5.26. The number of amides is 1. The molecule has 0 saturated carbocycles. The standard InChI is InChI=1S/C10H9NO3/c12-9-5-7-2-1-6(4-10(13)14)3-8(7)11-9/h1-3H,4-5H2,(H,11,12)(H,13,14). The lowest BCUT2D eigenvalue weighted by Crippen LogP contribution is -2.04. The lowest BCUT2D eigenvalue weighted by atomic mass is 10.1. The Morgan fingerprint density at radius 1 is 1.50 bits per heavy atom. The zero-order valence-electron chi connectivity index (χ0n) is 7.41. The van der Waals surface area contributed by atoms with E-state index in [4.69, 9.17) is 5.11 Å². The van der Waals surface area contributed by atoms with Gasteiger partial charge in [-0.05, 0) is 17.2 Å². The highest BCUT2D eigenvalue weighted by atomic mass is 16.4. The molecule has 1 aromatic carbocycles. The number of nitrogens with one attached hydrogen (secondary N) is 1. The number of carbonyl (C=O) groups is 2. The van der Waals surface area contributed by atoms with Crippen LogP contribution in [0.1, 0.15) is 11.1 Å². The van der Waals surface area contributed by atoms with Gasteiger partial charge in [0.25, 0.3) is 0 Å². The van der Waals surface area contributed by atoms with E-state index in [2.05, 4.69) is 5.32 Å². The number of anilines is 1. The quantitative estimate of drug-likeness (QED) is 0.726. The van der Waals surface area contributed by atoms with Gasteiger partial charge in [0, 0.05) is 5.69 Å². The van der Waals surface area contributed by atoms with Gasteiger partial charge < -0.3 is 10.4 Å². The number of hydrogen-bond acceptors (Lipinski definition) is 2. The molecule has 0 aliphatic carbocycles. The summed E-state index contributed by atoms with van der Waals surface area (Å²) < 4.78 is 0. The summed E-state index contributed by atoms with van der Waals surface area (Å²) in [7, 11) is 0. The molecule has 0 unspecified atom stereocenters. The summed E-state index contributed by atoms with van der Waals surface area (Å²) in [6.45, 7) is 0. The predicted octanol–water partition coefficient (Wildman–Crippen LogP) is 0.808. The monoisotopic (exact) mass is 191 g/mol. The lowest BCUT2D eigenvalue weighted by Gasteiger charge is -2.01. The Morgan fingerprint density at radius 2 is 2.29 bits per heavy atom. The van der Waals surface area contributed by atoms with Crippen molar-refractivity contribution < 1.29 is 14.7 Å². The van der Waals surface area contributed by atoms with E-state index in [1.54, 1.807) is 18.2 Å². The molecule has 4 heteroatoms. The van der Waals surface area contributed by atoms with Crippen LogP contribution in [0.25, 0.3) is 0 Å². The van der Waals surface area contributed by atoms with Crippen LogP contribution in [0, 0.1) is 0 Å². The van der Waals surface area contributed by atoms with E-state index in [-0.39, 0.29) is 12.3 Å². The summed E-state index contributed by atoms with van der Waals surface area (Å²) in [4.78, 5) is 21.5. The van der Waals surface area contributed by atoms with Crippen molar-refractivity contribution in [1.82, 2.24) is 0 Å². The second-order valence-electron chi connectivity index (χ2n) is 3.29. The number of carbonyl (C=O) groups excluding carboxylic acids is 1. The van der Waals surface area contributed by atoms with Crippen molar-refractivity contribution in [3.8, 4) is 0 Å². The summed E-state index contributed by atoms with van der Waals surface area (Å²) in [5.41, 5.74) is 2.39. The van der Waals surface area contributed by atoms with Crippen molar-refractivity contribution in [2.24, 2.45) is 0 Å². The van der Waals surface area contributed by atoms with Crippen molar-refractivity contribution in [1.29, 1.82) is 0 Å². The van der Waals surface area contributed by atoms with Crippen LogP contribution in [0.3, 0.4) is 0 Å². The van der Waals surface area contributed by atoms with Gasteiger partial charge >= 0.3 is 5.97 Å². The number of hydrogen-bond donors (Lipinski definition) is 2. The predicted molar refractivity (Wildman–Crippen MR) is 50.1 cm³/mol. The van der Waals surface area contributed by atoms with Crippen molar-refractivity contribution >= 4 is 17.6 Å². The Morgan fingerprint density at radius 3 is 3.00 bits per heavy atom. The molecule has 1 heterocycles. The third kappa shape index (κ3) is 1.59. The second kappa shape index (κ2) is 3.14. The molecular formula is C10H9NO3. The fraction of sp³-hybridized carbons (Fsp3) is 0.200. The largest absolute Gasteiger partial charge is 0.481 e. The minimum absolute atomic E-state index is 0.0108. The van der Waals surface area contributed by atoms with Crippen molar-refractivity contribution in [2.75, 3.05) is 5.32 Å². The van der Waals surface area contributed by atoms with Gasteiger partial charge in [-0.25, -0.2) is 0 Å². The van der Waals surface area contributed by atoms with E-state index < -0.39 is 5.97 Å². The van der Waals surface area contributed by atoms with E-state index in [1.807, 2.05) is 0 Å². The van der Waals surface area contributed by atoms with Crippen LogP contribution in [-0.4, -0.2) is 17.0 Å². The average Bonchev–Trinajstić information content (AvgIpc) is 2.42. The summed E-state index contributed by atoms with van der Waals surface area (Å²) in [5, 5.41) is 11.3. The highest BCUT2D eigenvalue weighted by molar-refractivity contribution is 5.99. The molecule has 0 atom stereocenters. The second-order valence-corrected chi connectivity index (χ2v) is 3.29. The van der Waals surface area contributed by atoms with Crippen LogP contribution < -0.4 is 5.32 Å². The van der Waals surface area contributed by atoms with Crippen molar-refractivity contribution in [3.63, 3.8) is 0 Å². The molecule has 0 saturated heterocycles. The molecule has 0 bridgehead atoms. The molecule has 4 nitrogen and oxygen atoms in total. The Kier molecular flexibility index (Phi) is 1.96. The molecule has 72 valence electrons. The van der Waals surface area contributed by atoms with Gasteiger partial charge in [0.15, 0.2) is 0 Å². The van der Waals surface area contributed by atoms with Crippen molar-refractivity contribution in [3.05, 3.63) is 29.3 Å². The Hall–Kier alpha value is -1.84. The van der Waals surface area contributed by atoms with Crippen LogP contribution in [-0.2, 0) is 22.4 Å². The fourth-order valence-electron chi connectivity index (χ4n) is 1.55. The maximum Gasteiger partial charge on any atom is 0.307 e. The molecule has 1 aromatic rings. The van der Waals surface area contributed by atoms with Gasteiger partial charge in [-0.2, -0.15) is 0 Å². The minimum atomic E-state index is -0.866. The number of carboxylic acid groups (broad SMARTS) is 1. The normalized spacial score (nSPS) is 13.6.